The maximum Gasteiger partial charge on any atom is 0.133 e. The molecule has 0 spiro atoms. The Labute approximate surface area is 130 Å². The fourth-order valence-electron chi connectivity index (χ4n) is 2.87. The van der Waals surface area contributed by atoms with Crippen molar-refractivity contribution in [3.05, 3.63) is 28.2 Å². The molecule has 112 valence electrons. The monoisotopic (exact) mass is 341 g/mol. The molecule has 1 aliphatic heterocycles. The lowest BCUT2D eigenvalue weighted by Gasteiger charge is -2.34. The Balaban J connectivity index is 2.28. The van der Waals surface area contributed by atoms with Crippen LogP contribution in [0.25, 0.3) is 0 Å². The topological polar surface area (TPSA) is 30.5 Å². The summed E-state index contributed by atoms with van der Waals surface area (Å²) >= 11 is 3.58. The standard InChI is InChI=1S/C16H24BrNO2/c1-4-9-18-15(16(2)8-5-10-20-16)12-6-7-14(19-3)13(17)11-12/h6-7,11,15,18H,4-5,8-10H2,1-3H3. The van der Waals surface area contributed by atoms with Gasteiger partial charge in [-0.2, -0.15) is 0 Å². The van der Waals surface area contributed by atoms with Gasteiger partial charge in [-0.05, 0) is 66.4 Å². The largest absolute Gasteiger partial charge is 0.496 e. The maximum atomic E-state index is 6.04. The molecule has 1 aliphatic rings. The van der Waals surface area contributed by atoms with Gasteiger partial charge in [-0.15, -0.1) is 0 Å². The van der Waals surface area contributed by atoms with Gasteiger partial charge >= 0.3 is 0 Å². The molecule has 0 bridgehead atoms. The summed E-state index contributed by atoms with van der Waals surface area (Å²) in [4.78, 5) is 0. The minimum Gasteiger partial charge on any atom is -0.496 e. The van der Waals surface area contributed by atoms with Crippen LogP contribution < -0.4 is 10.1 Å². The molecule has 1 aromatic carbocycles. The van der Waals surface area contributed by atoms with Crippen LogP contribution in [-0.4, -0.2) is 25.9 Å². The molecule has 0 saturated carbocycles. The zero-order chi connectivity index (χ0) is 14.6. The molecule has 2 atom stereocenters. The minimum atomic E-state index is -0.122. The average molecular weight is 342 g/mol. The predicted octanol–water partition coefficient (Wildman–Crippen LogP) is 4.07. The first kappa shape index (κ1) is 15.8. The van der Waals surface area contributed by atoms with Crippen LogP contribution in [0.1, 0.15) is 44.7 Å². The molecule has 0 amide bonds. The van der Waals surface area contributed by atoms with Crippen molar-refractivity contribution in [2.45, 2.75) is 44.8 Å². The van der Waals surface area contributed by atoms with Crippen molar-refractivity contribution >= 4 is 15.9 Å². The second-order valence-corrected chi connectivity index (χ2v) is 6.40. The summed E-state index contributed by atoms with van der Waals surface area (Å²) in [7, 11) is 1.69. The van der Waals surface area contributed by atoms with Gasteiger partial charge in [0.2, 0.25) is 0 Å². The molecule has 2 unspecified atom stereocenters. The molecular formula is C16H24BrNO2. The van der Waals surface area contributed by atoms with Gasteiger partial charge in [0.1, 0.15) is 5.75 Å². The van der Waals surface area contributed by atoms with Crippen LogP contribution in [0, 0.1) is 0 Å². The van der Waals surface area contributed by atoms with Crippen molar-refractivity contribution in [1.29, 1.82) is 0 Å². The summed E-state index contributed by atoms with van der Waals surface area (Å²) in [6.07, 6.45) is 3.35. The van der Waals surface area contributed by atoms with Crippen molar-refractivity contribution in [2.24, 2.45) is 0 Å². The summed E-state index contributed by atoms with van der Waals surface area (Å²) in [6, 6.07) is 6.49. The molecule has 4 heteroatoms. The molecular weight excluding hydrogens is 318 g/mol. The van der Waals surface area contributed by atoms with Crippen molar-refractivity contribution in [2.75, 3.05) is 20.3 Å². The Morgan fingerprint density at radius 3 is 2.85 bits per heavy atom. The van der Waals surface area contributed by atoms with Gasteiger partial charge in [0.05, 0.1) is 23.2 Å². The Hall–Kier alpha value is -0.580. The molecule has 1 aromatic rings. The molecule has 1 N–H and O–H groups in total. The van der Waals surface area contributed by atoms with Gasteiger partial charge in [0, 0.05) is 6.61 Å². The number of benzene rings is 1. The van der Waals surface area contributed by atoms with Crippen LogP contribution in [0.4, 0.5) is 0 Å². The van der Waals surface area contributed by atoms with Gasteiger partial charge in [0.15, 0.2) is 0 Å². The fraction of sp³-hybridized carbons (Fsp3) is 0.625. The number of halogens is 1. The highest BCUT2D eigenvalue weighted by Gasteiger charge is 2.39. The second kappa shape index (κ2) is 6.92. The average Bonchev–Trinajstić information content (AvgIpc) is 2.87. The molecule has 1 heterocycles. The van der Waals surface area contributed by atoms with Gasteiger partial charge in [0.25, 0.3) is 0 Å². The van der Waals surface area contributed by atoms with Gasteiger partial charge < -0.3 is 14.8 Å². The SMILES string of the molecule is CCCNC(c1ccc(OC)c(Br)c1)C1(C)CCCO1. The van der Waals surface area contributed by atoms with Gasteiger partial charge in [-0.3, -0.25) is 0 Å². The summed E-state index contributed by atoms with van der Waals surface area (Å²) in [6.45, 7) is 6.25. The molecule has 0 radical (unpaired) electrons. The van der Waals surface area contributed by atoms with Crippen molar-refractivity contribution < 1.29 is 9.47 Å². The van der Waals surface area contributed by atoms with E-state index in [1.54, 1.807) is 7.11 Å². The van der Waals surface area contributed by atoms with Crippen LogP contribution in [-0.2, 0) is 4.74 Å². The van der Waals surface area contributed by atoms with E-state index in [1.165, 1.54) is 5.56 Å². The van der Waals surface area contributed by atoms with E-state index in [9.17, 15) is 0 Å². The van der Waals surface area contributed by atoms with Crippen LogP contribution >= 0.6 is 15.9 Å². The summed E-state index contributed by atoms with van der Waals surface area (Å²) in [5.74, 6) is 0.862. The highest BCUT2D eigenvalue weighted by Crippen LogP contribution is 2.39. The number of nitrogens with one attached hydrogen (secondary N) is 1. The molecule has 0 aliphatic carbocycles. The number of hydrogen-bond acceptors (Lipinski definition) is 3. The Kier molecular flexibility index (Phi) is 5.47. The quantitative estimate of drug-likeness (QED) is 0.845. The van der Waals surface area contributed by atoms with E-state index < -0.39 is 0 Å². The van der Waals surface area contributed by atoms with E-state index >= 15 is 0 Å². The van der Waals surface area contributed by atoms with Gasteiger partial charge in [-0.1, -0.05) is 13.0 Å². The highest BCUT2D eigenvalue weighted by molar-refractivity contribution is 9.10. The third-order valence-electron chi connectivity index (χ3n) is 3.97. The number of ether oxygens (including phenoxy) is 2. The normalized spacial score (nSPS) is 23.8. The van der Waals surface area contributed by atoms with Gasteiger partial charge in [-0.25, -0.2) is 0 Å². The van der Waals surface area contributed by atoms with E-state index in [-0.39, 0.29) is 11.6 Å². The molecule has 2 rings (SSSR count). The first-order valence-electron chi connectivity index (χ1n) is 7.31. The third-order valence-corrected chi connectivity index (χ3v) is 4.59. The van der Waals surface area contributed by atoms with Crippen molar-refractivity contribution in [3.8, 4) is 5.75 Å². The van der Waals surface area contributed by atoms with E-state index in [2.05, 4.69) is 47.2 Å². The van der Waals surface area contributed by atoms with E-state index in [4.69, 9.17) is 9.47 Å². The molecule has 20 heavy (non-hydrogen) atoms. The van der Waals surface area contributed by atoms with Crippen LogP contribution in [0.5, 0.6) is 5.75 Å². The fourth-order valence-corrected chi connectivity index (χ4v) is 3.42. The Bertz CT molecular complexity index is 444. The van der Waals surface area contributed by atoms with E-state index in [0.29, 0.717) is 0 Å². The molecule has 1 fully saturated rings. The van der Waals surface area contributed by atoms with Crippen LogP contribution in [0.3, 0.4) is 0 Å². The summed E-state index contributed by atoms with van der Waals surface area (Å²) in [5, 5.41) is 3.65. The number of rotatable bonds is 6. The third kappa shape index (κ3) is 3.35. The zero-order valence-corrected chi connectivity index (χ0v) is 14.1. The maximum absolute atomic E-state index is 6.04. The molecule has 1 saturated heterocycles. The smallest absolute Gasteiger partial charge is 0.133 e. The minimum absolute atomic E-state index is 0.122. The molecule has 3 nitrogen and oxygen atoms in total. The summed E-state index contributed by atoms with van der Waals surface area (Å²) in [5.41, 5.74) is 1.12. The summed E-state index contributed by atoms with van der Waals surface area (Å²) < 4.78 is 12.3. The second-order valence-electron chi connectivity index (χ2n) is 5.55. The Morgan fingerprint density at radius 1 is 1.50 bits per heavy atom. The zero-order valence-electron chi connectivity index (χ0n) is 12.5. The van der Waals surface area contributed by atoms with E-state index in [0.717, 1.165) is 42.6 Å². The number of methoxy groups -OCH3 is 1. The van der Waals surface area contributed by atoms with Crippen LogP contribution in [0.15, 0.2) is 22.7 Å². The first-order valence-corrected chi connectivity index (χ1v) is 8.11. The first-order chi connectivity index (χ1) is 9.60. The van der Waals surface area contributed by atoms with Crippen LogP contribution in [0.2, 0.25) is 0 Å². The lowest BCUT2D eigenvalue weighted by molar-refractivity contribution is -0.0124. The lowest BCUT2D eigenvalue weighted by atomic mass is 9.87. The van der Waals surface area contributed by atoms with E-state index in [1.807, 2.05) is 6.07 Å². The highest BCUT2D eigenvalue weighted by atomic mass is 79.9. The lowest BCUT2D eigenvalue weighted by Crippen LogP contribution is -2.41. The predicted molar refractivity (Wildman–Crippen MR) is 85.3 cm³/mol. The number of hydrogen-bond donors (Lipinski definition) is 1. The Morgan fingerprint density at radius 2 is 2.30 bits per heavy atom. The van der Waals surface area contributed by atoms with Crippen molar-refractivity contribution in [3.63, 3.8) is 0 Å². The van der Waals surface area contributed by atoms with Crippen molar-refractivity contribution in [1.82, 2.24) is 5.32 Å². The molecule has 0 aromatic heterocycles.